The number of aromatic nitrogens is 9. The van der Waals surface area contributed by atoms with Gasteiger partial charge < -0.3 is 55.7 Å². The highest BCUT2D eigenvalue weighted by atomic mass is 79.9. The van der Waals surface area contributed by atoms with Crippen molar-refractivity contribution in [3.63, 3.8) is 0 Å². The minimum Gasteiger partial charge on any atom is -0.357 e. The first kappa shape index (κ1) is 111. The van der Waals surface area contributed by atoms with Crippen LogP contribution in [0.1, 0.15) is 221 Å². The van der Waals surface area contributed by atoms with Gasteiger partial charge in [0.15, 0.2) is 6.29 Å². The van der Waals surface area contributed by atoms with Crippen molar-refractivity contribution in [2.24, 2.45) is 5.73 Å². The van der Waals surface area contributed by atoms with Crippen molar-refractivity contribution in [3.8, 4) is 0 Å². The summed E-state index contributed by atoms with van der Waals surface area (Å²) in [5.74, 6) is 6.94. The second-order valence-corrected chi connectivity index (χ2v) is 39.3. The van der Waals surface area contributed by atoms with E-state index in [2.05, 4.69) is 171 Å². The summed E-state index contributed by atoms with van der Waals surface area (Å²) >= 11 is 16.0. The first-order chi connectivity index (χ1) is 70.2. The highest BCUT2D eigenvalue weighted by Crippen LogP contribution is 2.38. The molecule has 7 fully saturated rings. The number of benzene rings is 2. The van der Waals surface area contributed by atoms with Gasteiger partial charge in [0.1, 0.15) is 65.9 Å². The van der Waals surface area contributed by atoms with Crippen molar-refractivity contribution < 1.29 is 29.2 Å². The van der Waals surface area contributed by atoms with Crippen LogP contribution in [0.5, 0.6) is 0 Å². The van der Waals surface area contributed by atoms with Crippen LogP contribution < -0.4 is 50.7 Å². The summed E-state index contributed by atoms with van der Waals surface area (Å²) in [6.07, 6.45) is 34.5. The summed E-state index contributed by atoms with van der Waals surface area (Å²) in [5.41, 5.74) is 16.9. The van der Waals surface area contributed by atoms with Crippen molar-refractivity contribution in [1.82, 2.24) is 55.5 Å². The third-order valence-electron chi connectivity index (χ3n) is 26.0. The minimum atomic E-state index is -0.477. The maximum absolute atomic E-state index is 12.8. The number of rotatable bonds is 26. The zero-order valence-corrected chi connectivity index (χ0v) is 88.4. The molecule has 0 atom stereocenters. The van der Waals surface area contributed by atoms with Gasteiger partial charge in [0.25, 0.3) is 11.6 Å². The van der Waals surface area contributed by atoms with Crippen LogP contribution in [-0.4, -0.2) is 196 Å². The van der Waals surface area contributed by atoms with Crippen LogP contribution in [0.4, 0.5) is 46.4 Å². The third-order valence-corrected chi connectivity index (χ3v) is 27.6. The molecule has 0 radical (unpaired) electrons. The minimum absolute atomic E-state index is 0.0211. The number of piperidine rings is 7. The molecule has 5 N–H and O–H groups in total. The molecule has 144 heavy (non-hydrogen) atoms. The van der Waals surface area contributed by atoms with Gasteiger partial charge in [-0.3, -0.25) is 44.7 Å². The number of aldehydes is 1. The van der Waals surface area contributed by atoms with Crippen LogP contribution in [0.15, 0.2) is 208 Å². The molecule has 0 spiro atoms. The predicted molar refractivity (Wildman–Crippen MR) is 589 cm³/mol. The fraction of sp³-hybridized carbons (Fsp3) is 0.440. The zero-order chi connectivity index (χ0) is 102. The molecule has 35 heteroatoms. The second-order valence-electron chi connectivity index (χ2n) is 36.4. The van der Waals surface area contributed by atoms with Crippen LogP contribution in [0.2, 0.25) is 5.02 Å². The first-order valence-electron chi connectivity index (χ1n) is 51.1. The first-order valence-corrected chi connectivity index (χ1v) is 53.8. The standard InChI is InChI=1S/C24H28ClN3O.C23H27N5O3.C12H17N3O2.C12H15N3O2.C12H19N3.C11H14N2O.C10H13BrN2.C5H3Br2N/c1-2-20-21-16-18(25)10-9-17(21)15-22(20)24(29)26-12-11-19-7-6-8-23(27-19)28-13-4-3-5-14-28;1-2-18-19-15-17(28(30)31)9-10-20(19)26-22(18)23(29)24-12-11-16-7-6-8-21(25-16)27-13-4-3-5-14-27;2*16-15(17)10-7-11-5-4-6-12(13-11)14-8-2-1-3-9-14;13-8-7-11-5-4-6-12(14-11)15-9-2-1-3-10-15;14-9-10-5-4-6-11(12-10)13-7-2-1-3-8-13;11-9-5-4-6-10(12-9)13-7-2-1-3-8-13;6-4-2-1-3-5(7)8-4/h6-10,16H,2-5,11-15H2,1H3,(H,26,29);6-10,15,26H,2-5,11-14H2,1H3,(H,24,29);4-6H,1-3,7-10H2;4-7,10H,1-3,8-9H2;4-6H,1-3,7-10,13H2;4-6,9H,1-3,7-8H2;4-6H,1-3,7-8H2;1-3H/b;;;10-7+;;;;. The van der Waals surface area contributed by atoms with Crippen LogP contribution >= 0.6 is 59.4 Å². The number of nitrogens with zero attached hydrogens (tertiary/aromatic N) is 18. The van der Waals surface area contributed by atoms with Crippen molar-refractivity contribution in [3.05, 3.63) is 299 Å². The SMILES string of the molecule is Brc1cccc(Br)n1.Brc1cccc(N2CCCCC2)n1.CCC1=C(C(=O)NCCc2cccc(N3CCCCC3)n2)Cc2ccc(Cl)cc21.CCc1c(C(=O)NCCc2cccc(N3CCCCC3)n2)[nH]c2ccc([N+](=O)[O-])cc12.NCCc1cccc(N2CCCCC2)n1.O=Cc1cccc(N2CCCCC2)n1.O=[N+]([O-])/C=C/c1cccc(N2CCCCC2)n1.O=[N+]([O-])CCc1cccc(N2CCCCC2)n1. The van der Waals surface area contributed by atoms with Crippen LogP contribution in [0.3, 0.4) is 0 Å². The van der Waals surface area contributed by atoms with E-state index < -0.39 is 9.85 Å². The van der Waals surface area contributed by atoms with E-state index in [9.17, 15) is 44.7 Å². The number of nitro groups is 3. The number of halogens is 4. The van der Waals surface area contributed by atoms with E-state index in [1.54, 1.807) is 18.2 Å². The summed E-state index contributed by atoms with van der Waals surface area (Å²) in [4.78, 5) is 122. The van der Waals surface area contributed by atoms with E-state index >= 15 is 0 Å². The molecule has 2 aromatic carbocycles. The molecule has 764 valence electrons. The highest BCUT2D eigenvalue weighted by Gasteiger charge is 2.27. The van der Waals surface area contributed by atoms with Gasteiger partial charge in [-0.05, 0) is 340 Å². The molecule has 0 saturated carbocycles. The molecular weight excluding hydrogens is 2040 g/mol. The monoisotopic (exact) mass is 2170 g/mol. The lowest BCUT2D eigenvalue weighted by Gasteiger charge is -2.28. The summed E-state index contributed by atoms with van der Waals surface area (Å²) in [6.45, 7) is 20.9. The largest absolute Gasteiger partial charge is 0.357 e. The number of nitrogens with two attached hydrogens (primary N) is 1. The molecule has 2 amide bonds. The Morgan fingerprint density at radius 3 is 1.17 bits per heavy atom. The number of nitro benzene ring substituents is 1. The number of fused-ring (bicyclic) bond motifs is 2. The Labute approximate surface area is 875 Å². The van der Waals surface area contributed by atoms with E-state index in [1.807, 2.05) is 122 Å². The Balaban J connectivity index is 0.000000151. The lowest BCUT2D eigenvalue weighted by atomic mass is 10.0. The van der Waals surface area contributed by atoms with Crippen LogP contribution in [0, 0.1) is 30.3 Å². The highest BCUT2D eigenvalue weighted by molar-refractivity contribution is 9.11. The lowest BCUT2D eigenvalue weighted by Crippen LogP contribution is -2.30. The Bertz CT molecular complexity index is 5980. The topological polar surface area (TPSA) is 372 Å². The Morgan fingerprint density at radius 1 is 0.424 bits per heavy atom. The molecule has 0 unspecified atom stereocenters. The predicted octanol–water partition coefficient (Wildman–Crippen LogP) is 21.9. The van der Waals surface area contributed by atoms with Gasteiger partial charge in [-0.2, -0.15) is 0 Å². The van der Waals surface area contributed by atoms with Crippen molar-refractivity contribution in [2.75, 3.05) is 152 Å². The summed E-state index contributed by atoms with van der Waals surface area (Å²) < 4.78 is 2.63. The molecule has 7 aliphatic heterocycles. The molecular formula is C109H136Br3ClN22O9. The number of nitrogens with one attached hydrogen (secondary N) is 3. The maximum atomic E-state index is 12.8. The average Bonchev–Trinajstić information content (AvgIpc) is 1.64. The number of aromatic amines is 1. The molecule has 1 aliphatic carbocycles. The van der Waals surface area contributed by atoms with Gasteiger partial charge in [0.2, 0.25) is 18.7 Å². The van der Waals surface area contributed by atoms with Crippen molar-refractivity contribution in [1.29, 1.82) is 0 Å². The molecule has 9 aromatic heterocycles. The number of pyridine rings is 8. The van der Waals surface area contributed by atoms with Crippen LogP contribution in [-0.2, 0) is 43.3 Å². The van der Waals surface area contributed by atoms with Crippen LogP contribution in [0.25, 0.3) is 22.6 Å². The smallest absolute Gasteiger partial charge is 0.270 e. The molecule has 7 saturated heterocycles. The molecule has 19 rings (SSSR count). The van der Waals surface area contributed by atoms with Gasteiger partial charge >= 0.3 is 0 Å². The van der Waals surface area contributed by atoms with Crippen molar-refractivity contribution in [2.45, 2.75) is 194 Å². The number of H-pyrrole nitrogens is 1. The summed E-state index contributed by atoms with van der Waals surface area (Å²) in [6, 6.07) is 57.8. The second kappa shape index (κ2) is 59.9. The van der Waals surface area contributed by atoms with Gasteiger partial charge in [0.05, 0.1) is 22.0 Å². The van der Waals surface area contributed by atoms with E-state index in [0.29, 0.717) is 62.4 Å². The van der Waals surface area contributed by atoms with Gasteiger partial charge in [-0.15, -0.1) is 0 Å². The van der Waals surface area contributed by atoms with Crippen molar-refractivity contribution >= 4 is 146 Å². The van der Waals surface area contributed by atoms with E-state index in [4.69, 9.17) is 27.3 Å². The third kappa shape index (κ3) is 35.9. The molecule has 16 heterocycles. The number of carbonyl (C=O) groups is 3. The normalized spacial score (nSPS) is 15.5. The number of allylic oxidation sites excluding steroid dienone is 1. The fourth-order valence-electron chi connectivity index (χ4n) is 18.6. The number of aryl methyl sites for hydroxylation is 1. The van der Waals surface area contributed by atoms with Gasteiger partial charge in [0, 0.05) is 198 Å². The fourth-order valence-corrected chi connectivity index (χ4v) is 20.0. The Kier molecular flexibility index (Phi) is 46.0. The van der Waals surface area contributed by atoms with Gasteiger partial charge in [-0.25, -0.2) is 39.9 Å². The molecule has 8 aliphatic rings. The molecule has 0 bridgehead atoms. The lowest BCUT2D eigenvalue weighted by molar-refractivity contribution is -0.479. The number of hydrogen-bond acceptors (Lipinski definition) is 25. The molecule has 31 nitrogen and oxygen atoms in total. The molecule has 11 aromatic rings. The number of non-ortho nitro benzene ring substituents is 1. The van der Waals surface area contributed by atoms with E-state index in [-0.39, 0.29) is 29.0 Å². The number of anilines is 7. The Morgan fingerprint density at radius 2 is 0.792 bits per heavy atom. The maximum Gasteiger partial charge on any atom is 0.270 e. The number of carbonyl (C=O) groups excluding carboxylic acids is 3. The summed E-state index contributed by atoms with van der Waals surface area (Å²) in [5, 5.41) is 39.2. The zero-order valence-electron chi connectivity index (χ0n) is 82.9. The quantitative estimate of drug-likeness (QED) is 0.0169. The summed E-state index contributed by atoms with van der Waals surface area (Å²) in [7, 11) is 0. The Hall–Kier alpha value is -12.2. The number of hydrogen-bond donors (Lipinski definition) is 4. The average molecular weight is 2170 g/mol. The van der Waals surface area contributed by atoms with E-state index in [1.165, 1.54) is 159 Å². The van der Waals surface area contributed by atoms with Gasteiger partial charge in [-0.1, -0.05) is 80.0 Å². The number of amides is 2. The van der Waals surface area contributed by atoms with E-state index in [0.717, 1.165) is 239 Å².